The molecule has 0 aliphatic carbocycles. The molecule has 10 nitrogen and oxygen atoms in total. The van der Waals surface area contributed by atoms with Crippen LogP contribution >= 0.6 is 24.6 Å². The molecule has 1 saturated heterocycles. The van der Waals surface area contributed by atoms with Crippen molar-refractivity contribution in [3.8, 4) is 5.75 Å². The van der Waals surface area contributed by atoms with Crippen LogP contribution in [0.3, 0.4) is 0 Å². The fourth-order valence-corrected chi connectivity index (χ4v) is 5.48. The molecule has 3 N–H and O–H groups in total. The topological polar surface area (TPSA) is 135 Å². The number of pyridine rings is 1. The van der Waals surface area contributed by atoms with E-state index in [2.05, 4.69) is 4.98 Å². The molecule has 2 amide bonds. The molecule has 0 atom stereocenters. The van der Waals surface area contributed by atoms with Gasteiger partial charge in [-0.25, -0.2) is 4.39 Å². The Kier molecular flexibility index (Phi) is 8.20. The van der Waals surface area contributed by atoms with Gasteiger partial charge < -0.3 is 24.7 Å². The third kappa shape index (κ3) is 5.60. The molecule has 202 valence electrons. The summed E-state index contributed by atoms with van der Waals surface area (Å²) in [5.41, 5.74) is 1.68. The van der Waals surface area contributed by atoms with Crippen molar-refractivity contribution < 1.29 is 33.4 Å². The van der Waals surface area contributed by atoms with Crippen LogP contribution in [0.2, 0.25) is 0 Å². The van der Waals surface area contributed by atoms with Gasteiger partial charge in [0.1, 0.15) is 11.3 Å². The number of carbonyl (C=O) groups is 2. The number of fused-ring (bicyclic) bond motifs is 2. The van der Waals surface area contributed by atoms with Gasteiger partial charge in [-0.1, -0.05) is 18.2 Å². The van der Waals surface area contributed by atoms with E-state index in [1.54, 1.807) is 29.2 Å². The molecule has 2 aliphatic rings. The van der Waals surface area contributed by atoms with Crippen LogP contribution in [0.4, 0.5) is 4.39 Å². The summed E-state index contributed by atoms with van der Waals surface area (Å²) >= 11 is 0. The molecule has 1 fully saturated rings. The molecule has 0 spiro atoms. The maximum absolute atomic E-state index is 13.8. The summed E-state index contributed by atoms with van der Waals surface area (Å²) in [5.74, 6) is -1.37. The normalized spacial score (nSPS) is 16.0. The molecule has 0 unspecified atom stereocenters. The minimum absolute atomic E-state index is 0. The highest BCUT2D eigenvalue weighted by Crippen LogP contribution is 2.40. The van der Waals surface area contributed by atoms with Gasteiger partial charge in [-0.05, 0) is 23.8 Å². The number of carbonyl (C=O) groups excluding carboxylic acids is 2. The number of phenolic OH excluding ortho intramolecular Hbond substituents is 1. The number of phenols is 1. The number of rotatable bonds is 6. The number of benzene rings is 2. The standard InChI is InChI=1S/C25H26FN4O6P.BrH/c26-17-5-3-16(4-6-17)14-30-15-19-20(18-2-1-7-27-22(18)23(31)21(19)25(30)33)24(32)29-10-8-28(9-11-29)12-13-37(34,35)36;/h1-7,31H,8-15H2,(H2,34,35,36);1H. The van der Waals surface area contributed by atoms with Crippen molar-refractivity contribution in [3.63, 3.8) is 0 Å². The molecule has 3 heterocycles. The summed E-state index contributed by atoms with van der Waals surface area (Å²) in [5, 5.41) is 11.4. The van der Waals surface area contributed by atoms with Crippen LogP contribution in [0.25, 0.3) is 10.9 Å². The number of hydrogen-bond acceptors (Lipinski definition) is 6. The van der Waals surface area contributed by atoms with E-state index in [0.717, 1.165) is 0 Å². The van der Waals surface area contributed by atoms with Crippen molar-refractivity contribution in [2.45, 2.75) is 13.1 Å². The lowest BCUT2D eigenvalue weighted by atomic mass is 9.95. The maximum Gasteiger partial charge on any atom is 0.326 e. The molecule has 5 rings (SSSR count). The van der Waals surface area contributed by atoms with Crippen molar-refractivity contribution in [1.82, 2.24) is 19.7 Å². The predicted octanol–water partition coefficient (Wildman–Crippen LogP) is 2.75. The highest BCUT2D eigenvalue weighted by atomic mass is 79.9. The Hall–Kier alpha value is -2.89. The molecule has 2 aliphatic heterocycles. The van der Waals surface area contributed by atoms with Gasteiger partial charge >= 0.3 is 7.60 Å². The fraction of sp³-hybridized carbons (Fsp3) is 0.320. The Labute approximate surface area is 228 Å². The van der Waals surface area contributed by atoms with E-state index < -0.39 is 13.5 Å². The lowest BCUT2D eigenvalue weighted by Gasteiger charge is -2.35. The van der Waals surface area contributed by atoms with Gasteiger partial charge in [-0.2, -0.15) is 0 Å². The monoisotopic (exact) mass is 608 g/mol. The molecule has 1 aromatic heterocycles. The van der Waals surface area contributed by atoms with E-state index in [4.69, 9.17) is 9.79 Å². The fourth-order valence-electron chi connectivity index (χ4n) is 4.94. The second-order valence-electron chi connectivity index (χ2n) is 9.29. The van der Waals surface area contributed by atoms with E-state index in [9.17, 15) is 23.7 Å². The molecule has 0 saturated carbocycles. The Morgan fingerprint density at radius 3 is 2.42 bits per heavy atom. The average molecular weight is 609 g/mol. The van der Waals surface area contributed by atoms with Gasteiger partial charge in [0.15, 0.2) is 5.75 Å². The first-order valence-corrected chi connectivity index (χ1v) is 13.6. The lowest BCUT2D eigenvalue weighted by molar-refractivity contribution is 0.0641. The lowest BCUT2D eigenvalue weighted by Crippen LogP contribution is -2.49. The minimum atomic E-state index is -4.10. The summed E-state index contributed by atoms with van der Waals surface area (Å²) in [6.07, 6.45) is 1.24. The SMILES string of the molecule is Br.O=C1c2c(c(C(=O)N3CCN(CCP(=O)(O)O)CC3)c3cccnc3c2O)CN1Cc1ccc(F)cc1. The molecular weight excluding hydrogens is 582 g/mol. The van der Waals surface area contributed by atoms with Crippen LogP contribution in [0.1, 0.15) is 31.8 Å². The van der Waals surface area contributed by atoms with Crippen molar-refractivity contribution >= 4 is 47.3 Å². The van der Waals surface area contributed by atoms with Crippen LogP contribution in [-0.2, 0) is 17.7 Å². The minimum Gasteiger partial charge on any atom is -0.505 e. The van der Waals surface area contributed by atoms with E-state index in [-0.39, 0.29) is 71.3 Å². The number of aromatic hydroxyl groups is 1. The number of aromatic nitrogens is 1. The van der Waals surface area contributed by atoms with Crippen molar-refractivity contribution in [3.05, 3.63) is 70.7 Å². The van der Waals surface area contributed by atoms with E-state index in [1.807, 2.05) is 4.90 Å². The Balaban J connectivity index is 0.00000336. The zero-order valence-electron chi connectivity index (χ0n) is 20.3. The number of nitrogens with zero attached hydrogens (tertiary/aromatic N) is 4. The molecule has 38 heavy (non-hydrogen) atoms. The highest BCUT2D eigenvalue weighted by Gasteiger charge is 2.38. The molecule has 0 bridgehead atoms. The molecule has 13 heteroatoms. The van der Waals surface area contributed by atoms with Crippen LogP contribution in [0, 0.1) is 5.82 Å². The number of amides is 2. The van der Waals surface area contributed by atoms with E-state index in [1.165, 1.54) is 23.2 Å². The van der Waals surface area contributed by atoms with Gasteiger partial charge in [0, 0.05) is 63.0 Å². The summed E-state index contributed by atoms with van der Waals surface area (Å²) in [7, 11) is -4.10. The third-order valence-corrected chi connectivity index (χ3v) is 7.64. The summed E-state index contributed by atoms with van der Waals surface area (Å²) in [4.78, 5) is 54.8. The largest absolute Gasteiger partial charge is 0.505 e. The molecular formula is C25H27BrFN4O6P. The summed E-state index contributed by atoms with van der Waals surface area (Å²) in [6, 6.07) is 9.15. The summed E-state index contributed by atoms with van der Waals surface area (Å²) < 4.78 is 24.5. The van der Waals surface area contributed by atoms with Gasteiger partial charge in [0.2, 0.25) is 0 Å². The van der Waals surface area contributed by atoms with Gasteiger partial charge in [0.25, 0.3) is 11.8 Å². The first-order chi connectivity index (χ1) is 17.6. The van der Waals surface area contributed by atoms with Crippen molar-refractivity contribution in [1.29, 1.82) is 0 Å². The first kappa shape index (κ1) is 28.1. The predicted molar refractivity (Wildman–Crippen MR) is 143 cm³/mol. The van der Waals surface area contributed by atoms with E-state index in [0.29, 0.717) is 48.3 Å². The van der Waals surface area contributed by atoms with Crippen LogP contribution in [0.15, 0.2) is 42.6 Å². The van der Waals surface area contributed by atoms with Crippen LogP contribution in [-0.4, -0.2) is 85.3 Å². The molecule has 0 radical (unpaired) electrons. The zero-order chi connectivity index (χ0) is 26.3. The number of piperazine rings is 1. The Morgan fingerprint density at radius 1 is 1.08 bits per heavy atom. The van der Waals surface area contributed by atoms with Gasteiger partial charge in [-0.15, -0.1) is 17.0 Å². The zero-order valence-corrected chi connectivity index (χ0v) is 22.9. The second-order valence-corrected chi connectivity index (χ2v) is 11.1. The third-order valence-electron chi connectivity index (χ3n) is 6.86. The number of hydrogen-bond donors (Lipinski definition) is 3. The molecule has 3 aromatic rings. The van der Waals surface area contributed by atoms with Crippen LogP contribution in [0.5, 0.6) is 5.75 Å². The van der Waals surface area contributed by atoms with Crippen molar-refractivity contribution in [2.24, 2.45) is 0 Å². The molecule has 2 aromatic carbocycles. The number of halogens is 2. The van der Waals surface area contributed by atoms with Crippen LogP contribution < -0.4 is 0 Å². The van der Waals surface area contributed by atoms with Gasteiger partial charge in [-0.3, -0.25) is 24.0 Å². The Bertz CT molecular complexity index is 1430. The summed E-state index contributed by atoms with van der Waals surface area (Å²) in [6.45, 7) is 2.14. The second kappa shape index (κ2) is 11.1. The van der Waals surface area contributed by atoms with Gasteiger partial charge in [0.05, 0.1) is 17.3 Å². The smallest absolute Gasteiger partial charge is 0.326 e. The average Bonchev–Trinajstić information content (AvgIpc) is 3.19. The highest BCUT2D eigenvalue weighted by molar-refractivity contribution is 8.93. The quantitative estimate of drug-likeness (QED) is 0.364. The maximum atomic E-state index is 13.8. The van der Waals surface area contributed by atoms with Crippen molar-refractivity contribution in [2.75, 3.05) is 38.9 Å². The Morgan fingerprint density at radius 2 is 1.76 bits per heavy atom. The van der Waals surface area contributed by atoms with E-state index >= 15 is 0 Å². The first-order valence-electron chi connectivity index (χ1n) is 11.8.